The van der Waals surface area contributed by atoms with Gasteiger partial charge in [-0.3, -0.25) is 4.79 Å². The van der Waals surface area contributed by atoms with E-state index in [2.05, 4.69) is 0 Å². The van der Waals surface area contributed by atoms with Crippen LogP contribution in [0, 0.1) is 6.92 Å². The van der Waals surface area contributed by atoms with E-state index in [1.807, 2.05) is 31.2 Å². The van der Waals surface area contributed by atoms with Gasteiger partial charge < -0.3 is 10.2 Å². The molecular formula is C16H16O3. The van der Waals surface area contributed by atoms with Crippen LogP contribution in [0.1, 0.15) is 22.6 Å². The molecule has 0 saturated carbocycles. The summed E-state index contributed by atoms with van der Waals surface area (Å²) < 4.78 is 0. The van der Waals surface area contributed by atoms with Crippen LogP contribution in [-0.4, -0.2) is 16.2 Å². The summed E-state index contributed by atoms with van der Waals surface area (Å²) >= 11 is 0. The number of aromatic hydroxyl groups is 1. The van der Waals surface area contributed by atoms with Crippen LogP contribution in [0.25, 0.3) is 0 Å². The number of carboxylic acids is 1. The monoisotopic (exact) mass is 256 g/mol. The molecule has 2 aromatic rings. The zero-order valence-corrected chi connectivity index (χ0v) is 10.7. The smallest absolute Gasteiger partial charge is 0.311 e. The second-order valence-electron chi connectivity index (χ2n) is 4.62. The van der Waals surface area contributed by atoms with Crippen molar-refractivity contribution in [2.45, 2.75) is 19.3 Å². The number of hydrogen-bond donors (Lipinski definition) is 2. The maximum Gasteiger partial charge on any atom is 0.311 e. The highest BCUT2D eigenvalue weighted by atomic mass is 16.4. The van der Waals surface area contributed by atoms with E-state index < -0.39 is 11.9 Å². The third-order valence-corrected chi connectivity index (χ3v) is 3.26. The van der Waals surface area contributed by atoms with Crippen molar-refractivity contribution in [2.24, 2.45) is 0 Å². The van der Waals surface area contributed by atoms with Crippen LogP contribution in [0.3, 0.4) is 0 Å². The Bertz CT molecular complexity index is 590. The summed E-state index contributed by atoms with van der Waals surface area (Å²) in [6.07, 6.45) is 0.422. The van der Waals surface area contributed by atoms with E-state index in [0.717, 1.165) is 11.1 Å². The summed E-state index contributed by atoms with van der Waals surface area (Å²) in [7, 11) is 0. The number of hydrogen-bond acceptors (Lipinski definition) is 2. The Balaban J connectivity index is 2.32. The first-order valence-electron chi connectivity index (χ1n) is 6.14. The molecule has 0 aliphatic carbocycles. The molecule has 19 heavy (non-hydrogen) atoms. The lowest BCUT2D eigenvalue weighted by Crippen LogP contribution is -2.15. The summed E-state index contributed by atoms with van der Waals surface area (Å²) in [6, 6.07) is 14.2. The average molecular weight is 256 g/mol. The second kappa shape index (κ2) is 5.57. The molecule has 0 heterocycles. The number of benzene rings is 2. The number of aryl methyl sites for hydroxylation is 1. The van der Waals surface area contributed by atoms with Gasteiger partial charge in [0.1, 0.15) is 5.75 Å². The Hall–Kier alpha value is -2.29. The lowest BCUT2D eigenvalue weighted by atomic mass is 9.90. The van der Waals surface area contributed by atoms with Gasteiger partial charge in [-0.1, -0.05) is 36.4 Å². The lowest BCUT2D eigenvalue weighted by Gasteiger charge is -2.14. The minimum Gasteiger partial charge on any atom is -0.508 e. The lowest BCUT2D eigenvalue weighted by molar-refractivity contribution is -0.138. The van der Waals surface area contributed by atoms with Crippen molar-refractivity contribution in [1.29, 1.82) is 0 Å². The van der Waals surface area contributed by atoms with Crippen molar-refractivity contribution >= 4 is 5.97 Å². The van der Waals surface area contributed by atoms with Crippen LogP contribution in [0.5, 0.6) is 5.75 Å². The molecule has 2 N–H and O–H groups in total. The minimum atomic E-state index is -0.881. The molecule has 2 rings (SSSR count). The van der Waals surface area contributed by atoms with Crippen molar-refractivity contribution < 1.29 is 15.0 Å². The largest absolute Gasteiger partial charge is 0.508 e. The standard InChI is InChI=1S/C16H16O3/c1-11-5-2-3-6-12(11)10-15(16(18)19)13-7-4-8-14(17)9-13/h2-9,15,17H,10H2,1H3,(H,18,19). The molecule has 1 atom stereocenters. The first kappa shape index (κ1) is 13.1. The number of phenols is 1. The molecule has 0 aliphatic heterocycles. The molecule has 3 nitrogen and oxygen atoms in total. The maximum absolute atomic E-state index is 11.4. The molecule has 0 aromatic heterocycles. The molecule has 0 bridgehead atoms. The molecule has 98 valence electrons. The molecule has 0 aliphatic rings. The van der Waals surface area contributed by atoms with E-state index in [1.54, 1.807) is 12.1 Å². The zero-order valence-electron chi connectivity index (χ0n) is 10.7. The molecule has 0 radical (unpaired) electrons. The van der Waals surface area contributed by atoms with Crippen molar-refractivity contribution in [2.75, 3.05) is 0 Å². The first-order chi connectivity index (χ1) is 9.08. The summed E-state index contributed by atoms with van der Waals surface area (Å²) in [5.41, 5.74) is 2.71. The fraction of sp³-hybridized carbons (Fsp3) is 0.188. The number of phenolic OH excluding ortho intramolecular Hbond substituents is 1. The Morgan fingerprint density at radius 2 is 1.89 bits per heavy atom. The van der Waals surface area contributed by atoms with Crippen LogP contribution in [0.4, 0.5) is 0 Å². The van der Waals surface area contributed by atoms with Gasteiger partial charge in [-0.25, -0.2) is 0 Å². The van der Waals surface area contributed by atoms with Crippen LogP contribution in [-0.2, 0) is 11.2 Å². The highest BCUT2D eigenvalue weighted by Gasteiger charge is 2.21. The van der Waals surface area contributed by atoms with E-state index in [1.165, 1.54) is 12.1 Å². The van der Waals surface area contributed by atoms with E-state index >= 15 is 0 Å². The maximum atomic E-state index is 11.4. The first-order valence-corrected chi connectivity index (χ1v) is 6.14. The predicted molar refractivity (Wildman–Crippen MR) is 73.4 cm³/mol. The Morgan fingerprint density at radius 3 is 2.53 bits per heavy atom. The molecule has 1 unspecified atom stereocenters. The van der Waals surface area contributed by atoms with Crippen LogP contribution in [0.15, 0.2) is 48.5 Å². The number of rotatable bonds is 4. The summed E-state index contributed by atoms with van der Waals surface area (Å²) in [6.45, 7) is 1.97. The highest BCUT2D eigenvalue weighted by molar-refractivity contribution is 5.76. The van der Waals surface area contributed by atoms with Crippen LogP contribution < -0.4 is 0 Å². The van der Waals surface area contributed by atoms with Gasteiger partial charge in [-0.05, 0) is 42.2 Å². The van der Waals surface area contributed by atoms with Gasteiger partial charge in [0, 0.05) is 0 Å². The zero-order chi connectivity index (χ0) is 13.8. The van der Waals surface area contributed by atoms with E-state index in [-0.39, 0.29) is 5.75 Å². The molecular weight excluding hydrogens is 240 g/mol. The number of carbonyl (C=O) groups is 1. The van der Waals surface area contributed by atoms with Crippen molar-refractivity contribution in [3.05, 3.63) is 65.2 Å². The Kier molecular flexibility index (Phi) is 3.85. The summed E-state index contributed by atoms with van der Waals surface area (Å²) in [5.74, 6) is -1.43. The van der Waals surface area contributed by atoms with Gasteiger partial charge in [0.2, 0.25) is 0 Å². The fourth-order valence-corrected chi connectivity index (χ4v) is 2.15. The highest BCUT2D eigenvalue weighted by Crippen LogP contribution is 2.25. The number of carboxylic acid groups (broad SMARTS) is 1. The predicted octanol–water partition coefficient (Wildman–Crippen LogP) is 3.11. The van der Waals surface area contributed by atoms with Gasteiger partial charge in [0.15, 0.2) is 0 Å². The topological polar surface area (TPSA) is 57.5 Å². The molecule has 2 aromatic carbocycles. The fourth-order valence-electron chi connectivity index (χ4n) is 2.15. The normalized spacial score (nSPS) is 12.1. The van der Waals surface area contributed by atoms with Crippen molar-refractivity contribution in [1.82, 2.24) is 0 Å². The van der Waals surface area contributed by atoms with Crippen molar-refractivity contribution in [3.8, 4) is 5.75 Å². The van der Waals surface area contributed by atoms with Crippen LogP contribution in [0.2, 0.25) is 0 Å². The average Bonchev–Trinajstić information content (AvgIpc) is 2.37. The number of aliphatic carboxylic acids is 1. The molecule has 0 saturated heterocycles. The summed E-state index contributed by atoms with van der Waals surface area (Å²) in [4.78, 5) is 11.4. The Morgan fingerprint density at radius 1 is 1.16 bits per heavy atom. The van der Waals surface area contributed by atoms with Gasteiger partial charge in [0.05, 0.1) is 5.92 Å². The van der Waals surface area contributed by atoms with Gasteiger partial charge >= 0.3 is 5.97 Å². The van der Waals surface area contributed by atoms with Gasteiger partial charge in [0.25, 0.3) is 0 Å². The van der Waals surface area contributed by atoms with E-state index in [4.69, 9.17) is 0 Å². The molecule has 0 spiro atoms. The molecule has 0 fully saturated rings. The third-order valence-electron chi connectivity index (χ3n) is 3.26. The quantitative estimate of drug-likeness (QED) is 0.883. The Labute approximate surface area is 112 Å². The second-order valence-corrected chi connectivity index (χ2v) is 4.62. The SMILES string of the molecule is Cc1ccccc1CC(C(=O)O)c1cccc(O)c1. The van der Waals surface area contributed by atoms with E-state index in [9.17, 15) is 15.0 Å². The molecule has 0 amide bonds. The van der Waals surface area contributed by atoms with E-state index in [0.29, 0.717) is 12.0 Å². The van der Waals surface area contributed by atoms with Crippen molar-refractivity contribution in [3.63, 3.8) is 0 Å². The summed E-state index contributed by atoms with van der Waals surface area (Å²) in [5, 5.41) is 18.9. The third kappa shape index (κ3) is 3.13. The van der Waals surface area contributed by atoms with Crippen LogP contribution >= 0.6 is 0 Å². The molecule has 3 heteroatoms. The van der Waals surface area contributed by atoms with Gasteiger partial charge in [-0.15, -0.1) is 0 Å². The van der Waals surface area contributed by atoms with Gasteiger partial charge in [-0.2, -0.15) is 0 Å². The minimum absolute atomic E-state index is 0.0912.